The molecule has 0 aromatic carbocycles. The highest BCUT2D eigenvalue weighted by molar-refractivity contribution is 5.78. The van der Waals surface area contributed by atoms with Crippen LogP contribution in [0.5, 0.6) is 0 Å². The van der Waals surface area contributed by atoms with Crippen LogP contribution in [-0.4, -0.2) is 53.3 Å². The molecule has 2 heterocycles. The van der Waals surface area contributed by atoms with Gasteiger partial charge < -0.3 is 14.6 Å². The molecule has 1 saturated heterocycles. The first kappa shape index (κ1) is 16.4. The Kier molecular flexibility index (Phi) is 5.27. The Balaban J connectivity index is 1.66. The van der Waals surface area contributed by atoms with Crippen molar-refractivity contribution < 1.29 is 14.1 Å². The summed E-state index contributed by atoms with van der Waals surface area (Å²) in [5.74, 6) is 1.42. The minimum absolute atomic E-state index is 0.0334. The Morgan fingerprint density at radius 1 is 1.35 bits per heavy atom. The predicted octanol–water partition coefficient (Wildman–Crippen LogP) is 1.45. The third-order valence-corrected chi connectivity index (χ3v) is 4.68. The summed E-state index contributed by atoms with van der Waals surface area (Å²) < 4.78 is 10.8. The fourth-order valence-corrected chi connectivity index (χ4v) is 3.21. The van der Waals surface area contributed by atoms with E-state index in [1.54, 1.807) is 6.92 Å². The molecule has 1 aromatic heterocycles. The number of likely N-dealkylation sites (N-methyl/N-ethyl adjacent to an activating group) is 1. The Labute approximate surface area is 136 Å². The molecule has 128 valence electrons. The molecular weight excluding hydrogens is 296 g/mol. The summed E-state index contributed by atoms with van der Waals surface area (Å²) in [7, 11) is 0. The summed E-state index contributed by atoms with van der Waals surface area (Å²) in [6.07, 6.45) is 4.19. The van der Waals surface area contributed by atoms with Gasteiger partial charge in [-0.2, -0.15) is 4.98 Å². The van der Waals surface area contributed by atoms with Crippen LogP contribution in [0.15, 0.2) is 4.52 Å². The van der Waals surface area contributed by atoms with Gasteiger partial charge in [-0.1, -0.05) is 12.1 Å². The Bertz CT molecular complexity index is 523. The molecule has 1 atom stereocenters. The Hall–Kier alpha value is -1.47. The lowest BCUT2D eigenvalue weighted by Crippen LogP contribution is -2.42. The zero-order chi connectivity index (χ0) is 16.2. The molecular formula is C16H26N4O3. The van der Waals surface area contributed by atoms with Gasteiger partial charge in [0.25, 0.3) is 0 Å². The van der Waals surface area contributed by atoms with Crippen molar-refractivity contribution in [3.63, 3.8) is 0 Å². The van der Waals surface area contributed by atoms with Gasteiger partial charge in [-0.05, 0) is 45.1 Å². The highest BCUT2D eigenvalue weighted by Crippen LogP contribution is 2.30. The second-order valence-corrected chi connectivity index (χ2v) is 6.47. The molecule has 1 saturated carbocycles. The SMILES string of the molecule is CCN(CC(=O)NC(c1nc(C)no1)C1CCOCC1)C1CC1. The van der Waals surface area contributed by atoms with Gasteiger partial charge in [-0.25, -0.2) is 0 Å². The molecule has 7 nitrogen and oxygen atoms in total. The minimum atomic E-state index is -0.217. The fraction of sp³-hybridized carbons (Fsp3) is 0.812. The number of hydrogen-bond acceptors (Lipinski definition) is 6. The van der Waals surface area contributed by atoms with Gasteiger partial charge >= 0.3 is 0 Å². The van der Waals surface area contributed by atoms with E-state index in [2.05, 4.69) is 27.3 Å². The highest BCUT2D eigenvalue weighted by atomic mass is 16.5. The molecule has 1 N–H and O–H groups in total. The molecule has 1 aliphatic heterocycles. The topological polar surface area (TPSA) is 80.5 Å². The lowest BCUT2D eigenvalue weighted by atomic mass is 9.91. The third-order valence-electron chi connectivity index (χ3n) is 4.68. The quantitative estimate of drug-likeness (QED) is 0.818. The molecule has 0 radical (unpaired) electrons. The van der Waals surface area contributed by atoms with E-state index >= 15 is 0 Å². The normalized spacial score (nSPS) is 20.7. The van der Waals surface area contributed by atoms with Crippen molar-refractivity contribution in [2.24, 2.45) is 5.92 Å². The van der Waals surface area contributed by atoms with Crippen LogP contribution >= 0.6 is 0 Å². The fourth-order valence-electron chi connectivity index (χ4n) is 3.21. The molecule has 0 spiro atoms. The lowest BCUT2D eigenvalue weighted by Gasteiger charge is -2.29. The van der Waals surface area contributed by atoms with Gasteiger partial charge in [0, 0.05) is 19.3 Å². The smallest absolute Gasteiger partial charge is 0.249 e. The van der Waals surface area contributed by atoms with E-state index in [9.17, 15) is 4.79 Å². The molecule has 2 aliphatic rings. The molecule has 3 rings (SSSR count). The van der Waals surface area contributed by atoms with E-state index in [0.29, 0.717) is 37.5 Å². The lowest BCUT2D eigenvalue weighted by molar-refractivity contribution is -0.124. The van der Waals surface area contributed by atoms with Crippen LogP contribution in [-0.2, 0) is 9.53 Å². The van der Waals surface area contributed by atoms with E-state index in [4.69, 9.17) is 9.26 Å². The zero-order valence-corrected chi connectivity index (χ0v) is 14.0. The Morgan fingerprint density at radius 2 is 2.09 bits per heavy atom. The van der Waals surface area contributed by atoms with Crippen LogP contribution < -0.4 is 5.32 Å². The summed E-state index contributed by atoms with van der Waals surface area (Å²) in [5, 5.41) is 7.01. The summed E-state index contributed by atoms with van der Waals surface area (Å²) >= 11 is 0. The number of ether oxygens (including phenoxy) is 1. The van der Waals surface area contributed by atoms with Gasteiger partial charge in [0.05, 0.1) is 6.54 Å². The van der Waals surface area contributed by atoms with E-state index < -0.39 is 0 Å². The van der Waals surface area contributed by atoms with Crippen molar-refractivity contribution in [1.82, 2.24) is 20.4 Å². The largest absolute Gasteiger partial charge is 0.381 e. The second-order valence-electron chi connectivity index (χ2n) is 6.47. The van der Waals surface area contributed by atoms with E-state index in [-0.39, 0.29) is 17.9 Å². The standard InChI is InChI=1S/C16H26N4O3/c1-3-20(13-4-5-13)10-14(21)18-15(12-6-8-22-9-7-12)16-17-11(2)19-23-16/h12-13,15H,3-10H2,1-2H3,(H,18,21). The number of nitrogens with zero attached hydrogens (tertiary/aromatic N) is 3. The number of aryl methyl sites for hydroxylation is 1. The molecule has 1 aliphatic carbocycles. The maximum absolute atomic E-state index is 12.5. The predicted molar refractivity (Wildman–Crippen MR) is 83.7 cm³/mol. The van der Waals surface area contributed by atoms with Crippen molar-refractivity contribution >= 4 is 5.91 Å². The first-order valence-corrected chi connectivity index (χ1v) is 8.58. The van der Waals surface area contributed by atoms with Crippen molar-refractivity contribution in [3.8, 4) is 0 Å². The first-order valence-electron chi connectivity index (χ1n) is 8.58. The minimum Gasteiger partial charge on any atom is -0.381 e. The van der Waals surface area contributed by atoms with Crippen molar-refractivity contribution in [3.05, 3.63) is 11.7 Å². The Morgan fingerprint density at radius 3 is 2.65 bits per heavy atom. The van der Waals surface area contributed by atoms with E-state index in [0.717, 1.165) is 19.4 Å². The van der Waals surface area contributed by atoms with Gasteiger partial charge in [0.2, 0.25) is 11.8 Å². The van der Waals surface area contributed by atoms with Crippen molar-refractivity contribution in [2.45, 2.75) is 51.6 Å². The van der Waals surface area contributed by atoms with E-state index in [1.165, 1.54) is 12.8 Å². The maximum Gasteiger partial charge on any atom is 0.249 e. The van der Waals surface area contributed by atoms with Crippen molar-refractivity contribution in [1.29, 1.82) is 0 Å². The molecule has 23 heavy (non-hydrogen) atoms. The van der Waals surface area contributed by atoms with Gasteiger partial charge in [-0.15, -0.1) is 0 Å². The molecule has 1 amide bonds. The average molecular weight is 322 g/mol. The molecule has 0 bridgehead atoms. The number of hydrogen-bond donors (Lipinski definition) is 1. The number of rotatable bonds is 7. The number of nitrogens with one attached hydrogen (secondary N) is 1. The van der Waals surface area contributed by atoms with Gasteiger partial charge in [0.15, 0.2) is 5.82 Å². The number of carbonyl (C=O) groups excluding carboxylic acids is 1. The van der Waals surface area contributed by atoms with Gasteiger partial charge in [0.1, 0.15) is 6.04 Å². The molecule has 1 aromatic rings. The van der Waals surface area contributed by atoms with Crippen LogP contribution in [0, 0.1) is 12.8 Å². The maximum atomic E-state index is 12.5. The van der Waals surface area contributed by atoms with Crippen LogP contribution in [0.25, 0.3) is 0 Å². The van der Waals surface area contributed by atoms with Crippen LogP contribution in [0.2, 0.25) is 0 Å². The van der Waals surface area contributed by atoms with Crippen LogP contribution in [0.1, 0.15) is 50.4 Å². The molecule has 1 unspecified atom stereocenters. The number of amides is 1. The van der Waals surface area contributed by atoms with Crippen LogP contribution in [0.3, 0.4) is 0 Å². The highest BCUT2D eigenvalue weighted by Gasteiger charge is 2.33. The van der Waals surface area contributed by atoms with E-state index in [1.807, 2.05) is 0 Å². The molecule has 2 fully saturated rings. The summed E-state index contributed by atoms with van der Waals surface area (Å²) in [6.45, 7) is 6.67. The summed E-state index contributed by atoms with van der Waals surface area (Å²) in [5.41, 5.74) is 0. The summed E-state index contributed by atoms with van der Waals surface area (Å²) in [4.78, 5) is 19.1. The average Bonchev–Trinajstić information content (AvgIpc) is 3.32. The molecule has 7 heteroatoms. The van der Waals surface area contributed by atoms with Crippen molar-refractivity contribution in [2.75, 3.05) is 26.3 Å². The first-order chi connectivity index (χ1) is 11.2. The second kappa shape index (κ2) is 7.40. The van der Waals surface area contributed by atoms with Gasteiger partial charge in [-0.3, -0.25) is 9.69 Å². The zero-order valence-electron chi connectivity index (χ0n) is 14.0. The monoisotopic (exact) mass is 322 g/mol. The summed E-state index contributed by atoms with van der Waals surface area (Å²) in [6, 6.07) is 0.364. The third kappa shape index (κ3) is 4.29. The van der Waals surface area contributed by atoms with Crippen LogP contribution in [0.4, 0.5) is 0 Å². The number of aromatic nitrogens is 2. The number of carbonyl (C=O) groups is 1.